The van der Waals surface area contributed by atoms with Gasteiger partial charge < -0.3 is 5.32 Å². The van der Waals surface area contributed by atoms with Crippen LogP contribution in [-0.2, 0) is 9.84 Å². The number of nitrogens with zero attached hydrogens (tertiary/aromatic N) is 1. The highest BCUT2D eigenvalue weighted by Gasteiger charge is 2.15. The molecule has 0 saturated carbocycles. The van der Waals surface area contributed by atoms with Gasteiger partial charge in [-0.2, -0.15) is 0 Å². The molecule has 5 nitrogen and oxygen atoms in total. The van der Waals surface area contributed by atoms with Gasteiger partial charge in [-0.25, -0.2) is 13.4 Å². The summed E-state index contributed by atoms with van der Waals surface area (Å²) in [4.78, 5) is 17.4. The van der Waals surface area contributed by atoms with Crippen molar-refractivity contribution in [2.45, 2.75) is 18.7 Å². The number of aromatic nitrogens is 1. The smallest absolute Gasteiger partial charge is 0.255 e. The molecule has 4 rings (SSSR count). The lowest BCUT2D eigenvalue weighted by Crippen LogP contribution is -2.13. The first-order valence-electron chi connectivity index (χ1n) is 9.47. The fraction of sp³-hybridized carbons (Fsp3) is 0.130. The molecule has 0 aliphatic rings. The van der Waals surface area contributed by atoms with E-state index in [4.69, 9.17) is 0 Å². The number of hydrogen-bond donors (Lipinski definition) is 1. The second kappa shape index (κ2) is 8.01. The van der Waals surface area contributed by atoms with E-state index in [9.17, 15) is 13.2 Å². The zero-order valence-corrected chi connectivity index (χ0v) is 18.2. The first-order chi connectivity index (χ1) is 14.4. The van der Waals surface area contributed by atoms with E-state index in [0.29, 0.717) is 11.3 Å². The molecule has 1 heterocycles. The average Bonchev–Trinajstić information content (AvgIpc) is 3.17. The number of hydrogen-bond acceptors (Lipinski definition) is 5. The first kappa shape index (κ1) is 20.3. The summed E-state index contributed by atoms with van der Waals surface area (Å²) < 4.78 is 25.2. The molecule has 1 amide bonds. The summed E-state index contributed by atoms with van der Waals surface area (Å²) >= 11 is 1.63. The number of benzene rings is 3. The van der Waals surface area contributed by atoms with E-state index in [1.54, 1.807) is 30.4 Å². The number of thiazole rings is 1. The van der Waals surface area contributed by atoms with Crippen molar-refractivity contribution in [2.24, 2.45) is 0 Å². The second-order valence-electron chi connectivity index (χ2n) is 6.95. The predicted molar refractivity (Wildman–Crippen MR) is 122 cm³/mol. The third-order valence-corrected chi connectivity index (χ3v) is 7.57. The summed E-state index contributed by atoms with van der Waals surface area (Å²) in [6.45, 7) is 3.64. The minimum absolute atomic E-state index is 0.00906. The maximum atomic E-state index is 12.6. The number of rotatable bonds is 5. The van der Waals surface area contributed by atoms with E-state index in [1.165, 1.54) is 17.7 Å². The van der Waals surface area contributed by atoms with Crippen LogP contribution in [0.4, 0.5) is 5.69 Å². The maximum Gasteiger partial charge on any atom is 0.255 e. The highest BCUT2D eigenvalue weighted by molar-refractivity contribution is 7.91. The maximum absolute atomic E-state index is 12.6. The molecule has 30 heavy (non-hydrogen) atoms. The molecule has 0 radical (unpaired) electrons. The Morgan fingerprint density at radius 3 is 2.53 bits per heavy atom. The molecule has 0 aliphatic carbocycles. The van der Waals surface area contributed by atoms with Crippen LogP contribution in [0.2, 0.25) is 0 Å². The van der Waals surface area contributed by atoms with Gasteiger partial charge in [0, 0.05) is 16.8 Å². The lowest BCUT2D eigenvalue weighted by atomic mass is 10.2. The minimum Gasteiger partial charge on any atom is -0.322 e. The van der Waals surface area contributed by atoms with Crippen LogP contribution in [0.5, 0.6) is 0 Å². The van der Waals surface area contributed by atoms with Crippen molar-refractivity contribution >= 4 is 43.0 Å². The van der Waals surface area contributed by atoms with Gasteiger partial charge in [-0.1, -0.05) is 19.1 Å². The van der Waals surface area contributed by atoms with E-state index < -0.39 is 9.84 Å². The van der Waals surface area contributed by atoms with E-state index >= 15 is 0 Å². The Morgan fingerprint density at radius 2 is 1.80 bits per heavy atom. The van der Waals surface area contributed by atoms with Gasteiger partial charge in [-0.15, -0.1) is 11.3 Å². The summed E-state index contributed by atoms with van der Waals surface area (Å²) in [6, 6.07) is 19.7. The Labute approximate surface area is 179 Å². The van der Waals surface area contributed by atoms with Gasteiger partial charge in [0.25, 0.3) is 5.91 Å². The monoisotopic (exact) mass is 436 g/mol. The molecule has 0 unspecified atom stereocenters. The van der Waals surface area contributed by atoms with Crippen molar-refractivity contribution < 1.29 is 13.2 Å². The molecule has 4 aromatic rings. The van der Waals surface area contributed by atoms with Crippen LogP contribution in [0, 0.1) is 6.92 Å². The highest BCUT2D eigenvalue weighted by Crippen LogP contribution is 2.31. The number of anilines is 1. The third kappa shape index (κ3) is 4.13. The zero-order valence-electron chi connectivity index (χ0n) is 16.5. The molecule has 0 aliphatic heterocycles. The van der Waals surface area contributed by atoms with Gasteiger partial charge in [0.15, 0.2) is 9.84 Å². The van der Waals surface area contributed by atoms with Crippen molar-refractivity contribution in [3.8, 4) is 10.6 Å². The Kier molecular flexibility index (Phi) is 5.40. The number of carbonyl (C=O) groups excluding carboxylic acids is 1. The molecule has 0 saturated heterocycles. The summed E-state index contributed by atoms with van der Waals surface area (Å²) in [5, 5.41) is 3.74. The van der Waals surface area contributed by atoms with Crippen molar-refractivity contribution in [2.75, 3.05) is 11.1 Å². The molecule has 152 valence electrons. The fourth-order valence-corrected chi connectivity index (χ4v) is 5.05. The van der Waals surface area contributed by atoms with Crippen LogP contribution in [0.3, 0.4) is 0 Å². The molecule has 1 aromatic heterocycles. The number of sulfone groups is 1. The average molecular weight is 437 g/mol. The topological polar surface area (TPSA) is 76.1 Å². The predicted octanol–water partition coefficient (Wildman–Crippen LogP) is 5.32. The molecule has 0 bridgehead atoms. The zero-order chi connectivity index (χ0) is 21.3. The van der Waals surface area contributed by atoms with Crippen LogP contribution < -0.4 is 5.32 Å². The van der Waals surface area contributed by atoms with Crippen LogP contribution in [0.15, 0.2) is 71.6 Å². The van der Waals surface area contributed by atoms with Gasteiger partial charge in [-0.05, 0) is 67.1 Å². The van der Waals surface area contributed by atoms with Gasteiger partial charge >= 0.3 is 0 Å². The Bertz CT molecular complexity index is 1340. The summed E-state index contributed by atoms with van der Waals surface area (Å²) in [6.07, 6.45) is 0. The second-order valence-corrected chi connectivity index (χ2v) is 10.3. The number of amides is 1. The van der Waals surface area contributed by atoms with Crippen LogP contribution in [0.25, 0.3) is 20.8 Å². The van der Waals surface area contributed by atoms with E-state index in [0.717, 1.165) is 20.8 Å². The van der Waals surface area contributed by atoms with Crippen LogP contribution >= 0.6 is 11.3 Å². The molecule has 1 N–H and O–H groups in total. The molecular weight excluding hydrogens is 416 g/mol. The highest BCUT2D eigenvalue weighted by atomic mass is 32.2. The Balaban J connectivity index is 1.53. The number of carbonyl (C=O) groups is 1. The summed E-state index contributed by atoms with van der Waals surface area (Å²) in [7, 11) is -3.36. The van der Waals surface area contributed by atoms with Gasteiger partial charge in [0.05, 0.1) is 20.9 Å². The van der Waals surface area contributed by atoms with Crippen LogP contribution in [-0.4, -0.2) is 25.1 Å². The SMILES string of the molecule is CCS(=O)(=O)c1cccc(C(=O)Nc2ccc(-c3nc4ccc(C)cc4s3)cc2)c1. The molecule has 3 aromatic carbocycles. The lowest BCUT2D eigenvalue weighted by Gasteiger charge is -2.08. The first-order valence-corrected chi connectivity index (χ1v) is 11.9. The van der Waals surface area contributed by atoms with E-state index in [2.05, 4.69) is 23.3 Å². The van der Waals surface area contributed by atoms with Crippen molar-refractivity contribution in [3.63, 3.8) is 0 Å². The number of aryl methyl sites for hydroxylation is 1. The van der Waals surface area contributed by atoms with Crippen LogP contribution in [0.1, 0.15) is 22.8 Å². The van der Waals surface area contributed by atoms with Crippen molar-refractivity contribution in [3.05, 3.63) is 77.9 Å². The van der Waals surface area contributed by atoms with Crippen molar-refractivity contribution in [1.82, 2.24) is 4.98 Å². The minimum atomic E-state index is -3.36. The Hall–Kier alpha value is -3.03. The molecule has 7 heteroatoms. The fourth-order valence-electron chi connectivity index (χ4n) is 3.05. The lowest BCUT2D eigenvalue weighted by molar-refractivity contribution is 0.102. The number of nitrogens with one attached hydrogen (secondary N) is 1. The third-order valence-electron chi connectivity index (χ3n) is 4.77. The number of fused-ring (bicyclic) bond motifs is 1. The van der Waals surface area contributed by atoms with E-state index in [-0.39, 0.29) is 16.6 Å². The summed E-state index contributed by atoms with van der Waals surface area (Å²) in [5.41, 5.74) is 4.08. The van der Waals surface area contributed by atoms with Gasteiger partial charge in [0.1, 0.15) is 5.01 Å². The largest absolute Gasteiger partial charge is 0.322 e. The molecular formula is C23H20N2O3S2. The van der Waals surface area contributed by atoms with Gasteiger partial charge in [0.2, 0.25) is 0 Å². The van der Waals surface area contributed by atoms with E-state index in [1.807, 2.05) is 36.4 Å². The van der Waals surface area contributed by atoms with Gasteiger partial charge in [-0.3, -0.25) is 4.79 Å². The molecule has 0 fully saturated rings. The standard InChI is InChI=1S/C23H20N2O3S2/c1-3-30(27,28)19-6-4-5-17(14-19)22(26)24-18-10-8-16(9-11-18)23-25-20-12-7-15(2)13-21(20)29-23/h4-14H,3H2,1-2H3,(H,24,26). The van der Waals surface area contributed by atoms with Crippen molar-refractivity contribution in [1.29, 1.82) is 0 Å². The normalized spacial score (nSPS) is 11.5. The quantitative estimate of drug-likeness (QED) is 0.459. The Morgan fingerprint density at radius 1 is 1.03 bits per heavy atom. The summed E-state index contributed by atoms with van der Waals surface area (Å²) in [5.74, 6) is -0.364. The molecule has 0 spiro atoms. The molecule has 0 atom stereocenters.